The molecule has 0 aliphatic carbocycles. The summed E-state index contributed by atoms with van der Waals surface area (Å²) < 4.78 is 0. The van der Waals surface area contributed by atoms with Crippen LogP contribution in [-0.2, 0) is 4.79 Å². The molecule has 2 aliphatic heterocycles. The van der Waals surface area contributed by atoms with E-state index < -0.39 is 0 Å². The molecular formula is C21H27N3O. The fourth-order valence-corrected chi connectivity index (χ4v) is 4.62. The molecule has 1 aromatic heterocycles. The number of carbonyl (C=O) groups excluding carboxylic acids is 1. The molecule has 0 saturated carbocycles. The van der Waals surface area contributed by atoms with Crippen LogP contribution in [0.2, 0.25) is 0 Å². The quantitative estimate of drug-likeness (QED) is 0.835. The van der Waals surface area contributed by atoms with Gasteiger partial charge in [-0.15, -0.1) is 0 Å². The monoisotopic (exact) mass is 337 g/mol. The van der Waals surface area contributed by atoms with Gasteiger partial charge in [0, 0.05) is 54.8 Å². The van der Waals surface area contributed by atoms with Crippen molar-refractivity contribution in [3.05, 3.63) is 36.5 Å². The van der Waals surface area contributed by atoms with Gasteiger partial charge in [0.25, 0.3) is 0 Å². The van der Waals surface area contributed by atoms with E-state index in [4.69, 9.17) is 0 Å². The molecule has 1 atom stereocenters. The minimum absolute atomic E-state index is 0.237. The molecule has 0 radical (unpaired) electrons. The average Bonchev–Trinajstić information content (AvgIpc) is 2.63. The zero-order valence-corrected chi connectivity index (χ0v) is 15.2. The van der Waals surface area contributed by atoms with Crippen LogP contribution >= 0.6 is 0 Å². The molecule has 2 aliphatic rings. The molecular weight excluding hydrogens is 310 g/mol. The highest BCUT2D eigenvalue weighted by molar-refractivity contribution is 5.91. The SMILES string of the molecule is CC(C)N1C[C@]2(CCCN(c3ccnc4ccccc34)C2)CCC1=O. The van der Waals surface area contributed by atoms with E-state index in [1.165, 1.54) is 23.9 Å². The first kappa shape index (κ1) is 16.4. The van der Waals surface area contributed by atoms with Gasteiger partial charge in [-0.2, -0.15) is 0 Å². The van der Waals surface area contributed by atoms with Crippen molar-refractivity contribution in [2.45, 2.75) is 45.6 Å². The number of aromatic nitrogens is 1. The van der Waals surface area contributed by atoms with Gasteiger partial charge in [-0.25, -0.2) is 0 Å². The van der Waals surface area contributed by atoms with Gasteiger partial charge in [-0.1, -0.05) is 18.2 Å². The van der Waals surface area contributed by atoms with Crippen LogP contribution in [-0.4, -0.2) is 41.5 Å². The summed E-state index contributed by atoms with van der Waals surface area (Å²) in [5.41, 5.74) is 2.58. The van der Waals surface area contributed by atoms with Gasteiger partial charge in [0.1, 0.15) is 0 Å². The third-order valence-corrected chi connectivity index (χ3v) is 5.95. The summed E-state index contributed by atoms with van der Waals surface area (Å²) in [4.78, 5) is 21.4. The number of pyridine rings is 1. The summed E-state index contributed by atoms with van der Waals surface area (Å²) in [5, 5.41) is 1.23. The molecule has 0 unspecified atom stereocenters. The van der Waals surface area contributed by atoms with Crippen LogP contribution in [0.1, 0.15) is 39.5 Å². The number of benzene rings is 1. The van der Waals surface area contributed by atoms with Gasteiger partial charge in [0.15, 0.2) is 0 Å². The number of hydrogen-bond acceptors (Lipinski definition) is 3. The molecule has 2 saturated heterocycles. The number of carbonyl (C=O) groups is 1. The number of amides is 1. The Balaban J connectivity index is 1.64. The smallest absolute Gasteiger partial charge is 0.222 e. The molecule has 4 heteroatoms. The van der Waals surface area contributed by atoms with Gasteiger partial charge < -0.3 is 9.80 Å². The van der Waals surface area contributed by atoms with Gasteiger partial charge in [-0.3, -0.25) is 9.78 Å². The van der Waals surface area contributed by atoms with Crippen molar-refractivity contribution < 1.29 is 4.79 Å². The third-order valence-electron chi connectivity index (χ3n) is 5.95. The van der Waals surface area contributed by atoms with Crippen molar-refractivity contribution in [3.63, 3.8) is 0 Å². The second-order valence-electron chi connectivity index (χ2n) is 7.99. The lowest BCUT2D eigenvalue weighted by atomic mass is 9.73. The Morgan fingerprint density at radius 3 is 2.80 bits per heavy atom. The van der Waals surface area contributed by atoms with E-state index >= 15 is 0 Å². The van der Waals surface area contributed by atoms with Crippen molar-refractivity contribution in [1.82, 2.24) is 9.88 Å². The number of para-hydroxylation sites is 1. The maximum Gasteiger partial charge on any atom is 0.222 e. The van der Waals surface area contributed by atoms with E-state index in [-0.39, 0.29) is 5.41 Å². The Hall–Kier alpha value is -2.10. The Kier molecular flexibility index (Phi) is 4.14. The van der Waals surface area contributed by atoms with Crippen molar-refractivity contribution in [2.75, 3.05) is 24.5 Å². The maximum absolute atomic E-state index is 12.3. The molecule has 1 spiro atoms. The molecule has 4 rings (SSSR count). The van der Waals surface area contributed by atoms with Crippen LogP contribution in [0.4, 0.5) is 5.69 Å². The zero-order valence-electron chi connectivity index (χ0n) is 15.2. The fourth-order valence-electron chi connectivity index (χ4n) is 4.62. The van der Waals surface area contributed by atoms with Crippen LogP contribution in [0.5, 0.6) is 0 Å². The second-order valence-corrected chi connectivity index (χ2v) is 7.99. The van der Waals surface area contributed by atoms with Gasteiger partial charge >= 0.3 is 0 Å². The lowest BCUT2D eigenvalue weighted by Crippen LogP contribution is -2.55. The highest BCUT2D eigenvalue weighted by Gasteiger charge is 2.42. The predicted octanol–water partition coefficient (Wildman–Crippen LogP) is 3.85. The lowest BCUT2D eigenvalue weighted by Gasteiger charge is -2.50. The summed E-state index contributed by atoms with van der Waals surface area (Å²) in [6, 6.07) is 10.8. The maximum atomic E-state index is 12.3. The van der Waals surface area contributed by atoms with Crippen LogP contribution in [0, 0.1) is 5.41 Å². The summed E-state index contributed by atoms with van der Waals surface area (Å²) >= 11 is 0. The third kappa shape index (κ3) is 2.99. The van der Waals surface area contributed by atoms with E-state index in [2.05, 4.69) is 52.9 Å². The Bertz CT molecular complexity index is 782. The largest absolute Gasteiger partial charge is 0.370 e. The highest BCUT2D eigenvalue weighted by Crippen LogP contribution is 2.41. The molecule has 3 heterocycles. The minimum atomic E-state index is 0.237. The number of likely N-dealkylation sites (tertiary alicyclic amines) is 1. The first-order valence-electron chi connectivity index (χ1n) is 9.46. The molecule has 2 fully saturated rings. The van der Waals surface area contributed by atoms with Crippen LogP contribution in [0.15, 0.2) is 36.5 Å². The van der Waals surface area contributed by atoms with E-state index in [1.807, 2.05) is 12.3 Å². The van der Waals surface area contributed by atoms with Crippen molar-refractivity contribution in [3.8, 4) is 0 Å². The number of hydrogen-bond donors (Lipinski definition) is 0. The number of piperidine rings is 2. The zero-order chi connectivity index (χ0) is 17.4. The lowest BCUT2D eigenvalue weighted by molar-refractivity contribution is -0.140. The standard InChI is InChI=1S/C21H27N3O/c1-16(2)24-15-21(11-8-20(24)25)10-5-13-23(14-21)19-9-12-22-18-7-4-3-6-17(18)19/h3-4,6-7,9,12,16H,5,8,10-11,13-15H2,1-2H3/t21-/m1/s1. The summed E-state index contributed by atoms with van der Waals surface area (Å²) in [7, 11) is 0. The van der Waals surface area contributed by atoms with Crippen molar-refractivity contribution >= 4 is 22.5 Å². The van der Waals surface area contributed by atoms with E-state index in [0.717, 1.165) is 31.6 Å². The summed E-state index contributed by atoms with van der Waals surface area (Å²) in [5.74, 6) is 0.326. The predicted molar refractivity (Wildman–Crippen MR) is 102 cm³/mol. The van der Waals surface area contributed by atoms with Gasteiger partial charge in [0.05, 0.1) is 5.52 Å². The van der Waals surface area contributed by atoms with Crippen molar-refractivity contribution in [2.24, 2.45) is 5.41 Å². The second kappa shape index (κ2) is 6.32. The van der Waals surface area contributed by atoms with E-state index in [1.54, 1.807) is 0 Å². The Morgan fingerprint density at radius 2 is 1.96 bits per heavy atom. The number of rotatable bonds is 2. The number of nitrogens with zero attached hydrogens (tertiary/aromatic N) is 3. The van der Waals surface area contributed by atoms with Gasteiger partial charge in [0.2, 0.25) is 5.91 Å². The molecule has 1 amide bonds. The minimum Gasteiger partial charge on any atom is -0.370 e. The molecule has 1 aromatic carbocycles. The van der Waals surface area contributed by atoms with Gasteiger partial charge in [-0.05, 0) is 45.2 Å². The molecule has 25 heavy (non-hydrogen) atoms. The molecule has 4 nitrogen and oxygen atoms in total. The normalized spacial score (nSPS) is 24.5. The number of fused-ring (bicyclic) bond motifs is 1. The van der Waals surface area contributed by atoms with Crippen LogP contribution in [0.3, 0.4) is 0 Å². The summed E-state index contributed by atoms with van der Waals surface area (Å²) in [6.07, 6.45) is 6.06. The first-order valence-corrected chi connectivity index (χ1v) is 9.46. The molecule has 2 aromatic rings. The Morgan fingerprint density at radius 1 is 1.12 bits per heavy atom. The molecule has 132 valence electrons. The van der Waals surface area contributed by atoms with Crippen molar-refractivity contribution in [1.29, 1.82) is 0 Å². The fraction of sp³-hybridized carbons (Fsp3) is 0.524. The van der Waals surface area contributed by atoms with E-state index in [0.29, 0.717) is 18.4 Å². The van der Waals surface area contributed by atoms with Crippen LogP contribution < -0.4 is 4.90 Å². The molecule has 0 bridgehead atoms. The average molecular weight is 337 g/mol. The van der Waals surface area contributed by atoms with E-state index in [9.17, 15) is 4.79 Å². The summed E-state index contributed by atoms with van der Waals surface area (Å²) in [6.45, 7) is 7.30. The topological polar surface area (TPSA) is 36.4 Å². The number of anilines is 1. The van der Waals surface area contributed by atoms with Crippen LogP contribution in [0.25, 0.3) is 10.9 Å². The Labute approximate surface area is 149 Å². The highest BCUT2D eigenvalue weighted by atomic mass is 16.2. The molecule has 0 N–H and O–H groups in total. The first-order chi connectivity index (χ1) is 12.1.